The summed E-state index contributed by atoms with van der Waals surface area (Å²) in [4.78, 5) is 23.0. The van der Waals surface area contributed by atoms with Gasteiger partial charge < -0.3 is 14.8 Å². The summed E-state index contributed by atoms with van der Waals surface area (Å²) < 4.78 is 1.86. The van der Waals surface area contributed by atoms with E-state index < -0.39 is 0 Å². The Morgan fingerprint density at radius 2 is 2.36 bits per heavy atom. The third-order valence-electron chi connectivity index (χ3n) is 4.07. The summed E-state index contributed by atoms with van der Waals surface area (Å²) in [5, 5.41) is 3.10. The van der Waals surface area contributed by atoms with Crippen molar-refractivity contribution in [3.05, 3.63) is 42.7 Å². The number of likely N-dealkylation sites (N-methyl/N-ethyl adjacent to an activating group) is 1. The van der Waals surface area contributed by atoms with Crippen LogP contribution in [0.4, 0.5) is 0 Å². The van der Waals surface area contributed by atoms with Gasteiger partial charge in [-0.3, -0.25) is 9.78 Å². The third-order valence-corrected chi connectivity index (χ3v) is 4.07. The largest absolute Gasteiger partial charge is 0.347 e. The lowest BCUT2D eigenvalue weighted by molar-refractivity contribution is 0.0901. The molecule has 0 radical (unpaired) electrons. The lowest BCUT2D eigenvalue weighted by Crippen LogP contribution is -2.47. The molecule has 116 valence electrons. The molecule has 1 saturated heterocycles. The van der Waals surface area contributed by atoms with Crippen LogP contribution in [0.1, 0.15) is 30.3 Å². The minimum atomic E-state index is -0.107. The Balaban J connectivity index is 1.68. The second-order valence-electron chi connectivity index (χ2n) is 5.58. The van der Waals surface area contributed by atoms with Gasteiger partial charge in [0.2, 0.25) is 0 Å². The van der Waals surface area contributed by atoms with Crippen molar-refractivity contribution in [3.63, 3.8) is 0 Å². The first-order chi connectivity index (χ1) is 10.8. The normalized spacial score (nSPS) is 19.0. The lowest BCUT2D eigenvalue weighted by Gasteiger charge is -2.32. The maximum atomic E-state index is 12.4. The molecule has 22 heavy (non-hydrogen) atoms. The predicted octanol–water partition coefficient (Wildman–Crippen LogP) is 1.48. The van der Waals surface area contributed by atoms with E-state index in [1.165, 1.54) is 0 Å². The molecule has 6 heteroatoms. The van der Waals surface area contributed by atoms with Gasteiger partial charge >= 0.3 is 0 Å². The molecule has 2 aromatic heterocycles. The van der Waals surface area contributed by atoms with E-state index in [-0.39, 0.29) is 11.9 Å². The van der Waals surface area contributed by atoms with Crippen molar-refractivity contribution in [2.24, 2.45) is 0 Å². The highest BCUT2D eigenvalue weighted by Crippen LogP contribution is 2.12. The third kappa shape index (κ3) is 3.33. The fourth-order valence-corrected chi connectivity index (χ4v) is 2.84. The van der Waals surface area contributed by atoms with E-state index in [1.54, 1.807) is 24.8 Å². The number of imidazole rings is 1. The molecule has 0 aromatic carbocycles. The van der Waals surface area contributed by atoms with E-state index >= 15 is 0 Å². The van der Waals surface area contributed by atoms with Crippen LogP contribution in [0.25, 0.3) is 5.69 Å². The average Bonchev–Trinajstić information content (AvgIpc) is 3.09. The maximum Gasteiger partial charge on any atom is 0.270 e. The van der Waals surface area contributed by atoms with Crippen LogP contribution in [0.15, 0.2) is 37.1 Å². The summed E-state index contributed by atoms with van der Waals surface area (Å²) in [6, 6.07) is 3.86. The number of aromatic nitrogens is 3. The van der Waals surface area contributed by atoms with Crippen LogP contribution < -0.4 is 5.32 Å². The van der Waals surface area contributed by atoms with E-state index in [2.05, 4.69) is 27.1 Å². The van der Waals surface area contributed by atoms with Crippen molar-refractivity contribution in [1.82, 2.24) is 24.8 Å². The molecular weight excluding hydrogens is 278 g/mol. The maximum absolute atomic E-state index is 12.4. The molecule has 0 spiro atoms. The molecule has 3 rings (SSSR count). The van der Waals surface area contributed by atoms with Gasteiger partial charge in [-0.25, -0.2) is 4.98 Å². The molecule has 3 heterocycles. The molecule has 1 fully saturated rings. The standard InChI is InChI=1S/C16H21N5O/c1-2-20-8-3-4-13(11-20)19-16(22)15-10-14(5-6-18-15)21-9-7-17-12-21/h5-7,9-10,12-13H,2-4,8,11H2,1H3,(H,19,22). The zero-order valence-corrected chi connectivity index (χ0v) is 12.8. The van der Waals surface area contributed by atoms with Gasteiger partial charge in [-0.2, -0.15) is 0 Å². The first-order valence-corrected chi connectivity index (χ1v) is 7.74. The van der Waals surface area contributed by atoms with Gasteiger partial charge in [0.05, 0.1) is 12.0 Å². The monoisotopic (exact) mass is 299 g/mol. The highest BCUT2D eigenvalue weighted by Gasteiger charge is 2.21. The molecule has 0 bridgehead atoms. The van der Waals surface area contributed by atoms with Crippen molar-refractivity contribution in [2.45, 2.75) is 25.8 Å². The Morgan fingerprint density at radius 3 is 3.14 bits per heavy atom. The average molecular weight is 299 g/mol. The van der Waals surface area contributed by atoms with E-state index in [4.69, 9.17) is 0 Å². The molecule has 1 aliphatic rings. The van der Waals surface area contributed by atoms with E-state index in [0.29, 0.717) is 5.69 Å². The topological polar surface area (TPSA) is 63.1 Å². The van der Waals surface area contributed by atoms with Crippen LogP contribution in [0.5, 0.6) is 0 Å². The van der Waals surface area contributed by atoms with Crippen molar-refractivity contribution in [1.29, 1.82) is 0 Å². The fraction of sp³-hybridized carbons (Fsp3) is 0.438. The van der Waals surface area contributed by atoms with Gasteiger partial charge in [0.1, 0.15) is 5.69 Å². The van der Waals surface area contributed by atoms with Crippen LogP contribution in [0.2, 0.25) is 0 Å². The molecule has 2 aromatic rings. The van der Waals surface area contributed by atoms with Crippen LogP contribution in [-0.2, 0) is 0 Å². The number of nitrogens with one attached hydrogen (secondary N) is 1. The second-order valence-corrected chi connectivity index (χ2v) is 5.58. The molecule has 1 N–H and O–H groups in total. The van der Waals surface area contributed by atoms with Gasteiger partial charge in [0.25, 0.3) is 5.91 Å². The summed E-state index contributed by atoms with van der Waals surface area (Å²) in [5.41, 5.74) is 1.33. The van der Waals surface area contributed by atoms with E-state index in [1.807, 2.05) is 16.8 Å². The predicted molar refractivity (Wildman–Crippen MR) is 84.0 cm³/mol. The first-order valence-electron chi connectivity index (χ1n) is 7.74. The van der Waals surface area contributed by atoms with Crippen LogP contribution >= 0.6 is 0 Å². The van der Waals surface area contributed by atoms with Gasteiger partial charge in [-0.05, 0) is 38.1 Å². The van der Waals surface area contributed by atoms with Gasteiger partial charge in [0, 0.05) is 31.2 Å². The van der Waals surface area contributed by atoms with E-state index in [0.717, 1.165) is 38.2 Å². The molecule has 1 aliphatic heterocycles. The van der Waals surface area contributed by atoms with Gasteiger partial charge in [-0.15, -0.1) is 0 Å². The highest BCUT2D eigenvalue weighted by atomic mass is 16.1. The molecule has 0 aliphatic carbocycles. The Morgan fingerprint density at radius 1 is 1.45 bits per heavy atom. The molecule has 6 nitrogen and oxygen atoms in total. The fourth-order valence-electron chi connectivity index (χ4n) is 2.84. The van der Waals surface area contributed by atoms with Crippen LogP contribution in [0, 0.1) is 0 Å². The Labute approximate surface area is 130 Å². The number of piperidine rings is 1. The minimum Gasteiger partial charge on any atom is -0.347 e. The van der Waals surface area contributed by atoms with Crippen molar-refractivity contribution in [3.8, 4) is 5.69 Å². The Bertz CT molecular complexity index is 625. The number of rotatable bonds is 4. The summed E-state index contributed by atoms with van der Waals surface area (Å²) in [5.74, 6) is -0.107. The quantitative estimate of drug-likeness (QED) is 0.929. The molecule has 1 unspecified atom stereocenters. The zero-order valence-electron chi connectivity index (χ0n) is 12.8. The zero-order chi connectivity index (χ0) is 15.4. The Kier molecular flexibility index (Phi) is 4.48. The summed E-state index contributed by atoms with van der Waals surface area (Å²) in [6.45, 7) is 5.22. The van der Waals surface area contributed by atoms with Crippen molar-refractivity contribution < 1.29 is 4.79 Å². The van der Waals surface area contributed by atoms with Gasteiger partial charge in [0.15, 0.2) is 0 Å². The molecule has 1 amide bonds. The second kappa shape index (κ2) is 6.70. The number of pyridine rings is 1. The molecular formula is C16H21N5O. The number of likely N-dealkylation sites (tertiary alicyclic amines) is 1. The molecule has 0 saturated carbocycles. The number of hydrogen-bond donors (Lipinski definition) is 1. The smallest absolute Gasteiger partial charge is 0.270 e. The summed E-state index contributed by atoms with van der Waals surface area (Å²) in [7, 11) is 0. The summed E-state index contributed by atoms with van der Waals surface area (Å²) >= 11 is 0. The number of amides is 1. The van der Waals surface area contributed by atoms with Crippen molar-refractivity contribution >= 4 is 5.91 Å². The summed E-state index contributed by atoms with van der Waals surface area (Å²) in [6.07, 6.45) is 9.07. The lowest BCUT2D eigenvalue weighted by atomic mass is 10.1. The minimum absolute atomic E-state index is 0.107. The highest BCUT2D eigenvalue weighted by molar-refractivity contribution is 5.92. The number of hydrogen-bond acceptors (Lipinski definition) is 4. The first kappa shape index (κ1) is 14.7. The molecule has 1 atom stereocenters. The van der Waals surface area contributed by atoms with Crippen molar-refractivity contribution in [2.75, 3.05) is 19.6 Å². The number of nitrogens with zero attached hydrogens (tertiary/aromatic N) is 4. The van der Waals surface area contributed by atoms with E-state index in [9.17, 15) is 4.79 Å². The Hall–Kier alpha value is -2.21. The van der Waals surface area contributed by atoms with Gasteiger partial charge in [-0.1, -0.05) is 6.92 Å². The van der Waals surface area contributed by atoms with Crippen LogP contribution in [0.3, 0.4) is 0 Å². The SMILES string of the molecule is CCN1CCCC(NC(=O)c2cc(-n3ccnc3)ccn2)C1. The van der Waals surface area contributed by atoms with Crippen LogP contribution in [-0.4, -0.2) is 51.0 Å². The number of carbonyl (C=O) groups is 1. The number of carbonyl (C=O) groups excluding carboxylic acids is 1.